The van der Waals surface area contributed by atoms with Crippen LogP contribution in [-0.2, 0) is 13.2 Å². The van der Waals surface area contributed by atoms with Crippen molar-refractivity contribution in [3.05, 3.63) is 70.5 Å². The SMILES string of the molecule is Cc1cc(-c2cc(NC(=O)c3ccc(C(F)(F)F)c(F)c3)nn2C)ccc1C(C)C. The average molecular weight is 419 g/mol. The Morgan fingerprint density at radius 3 is 2.37 bits per heavy atom. The van der Waals surface area contributed by atoms with E-state index in [4.69, 9.17) is 0 Å². The molecule has 1 amide bonds. The number of aryl methyl sites for hydroxylation is 2. The number of alkyl halides is 3. The van der Waals surface area contributed by atoms with Crippen molar-refractivity contribution in [2.24, 2.45) is 7.05 Å². The molecule has 0 unspecified atom stereocenters. The molecule has 4 nitrogen and oxygen atoms in total. The van der Waals surface area contributed by atoms with Gasteiger partial charge < -0.3 is 5.32 Å². The second-order valence-corrected chi connectivity index (χ2v) is 7.41. The van der Waals surface area contributed by atoms with E-state index in [1.54, 1.807) is 17.8 Å². The van der Waals surface area contributed by atoms with Gasteiger partial charge in [0.2, 0.25) is 0 Å². The van der Waals surface area contributed by atoms with Gasteiger partial charge in [-0.25, -0.2) is 4.39 Å². The number of hydrogen-bond donors (Lipinski definition) is 1. The van der Waals surface area contributed by atoms with Gasteiger partial charge in [-0.1, -0.05) is 26.0 Å². The summed E-state index contributed by atoms with van der Waals surface area (Å²) in [6, 6.07) is 9.75. The number of carbonyl (C=O) groups is 1. The van der Waals surface area contributed by atoms with Crippen molar-refractivity contribution in [3.63, 3.8) is 0 Å². The second kappa shape index (κ2) is 7.93. The summed E-state index contributed by atoms with van der Waals surface area (Å²) in [6.45, 7) is 6.25. The van der Waals surface area contributed by atoms with Gasteiger partial charge in [-0.3, -0.25) is 9.48 Å². The normalized spacial score (nSPS) is 11.8. The summed E-state index contributed by atoms with van der Waals surface area (Å²) in [5.74, 6) is -1.65. The Morgan fingerprint density at radius 1 is 1.10 bits per heavy atom. The lowest BCUT2D eigenvalue weighted by molar-refractivity contribution is -0.140. The average Bonchev–Trinajstić information content (AvgIpc) is 3.00. The van der Waals surface area contributed by atoms with Crippen LogP contribution in [0.1, 0.15) is 46.8 Å². The van der Waals surface area contributed by atoms with Crippen molar-refractivity contribution in [2.75, 3.05) is 5.32 Å². The molecular formula is C22H21F4N3O. The van der Waals surface area contributed by atoms with E-state index in [9.17, 15) is 22.4 Å². The number of hydrogen-bond acceptors (Lipinski definition) is 2. The van der Waals surface area contributed by atoms with Gasteiger partial charge in [0.1, 0.15) is 5.82 Å². The smallest absolute Gasteiger partial charge is 0.305 e. The quantitative estimate of drug-likeness (QED) is 0.533. The molecule has 0 atom stereocenters. The van der Waals surface area contributed by atoms with Crippen LogP contribution in [-0.4, -0.2) is 15.7 Å². The zero-order valence-electron chi connectivity index (χ0n) is 16.9. The third-order valence-electron chi connectivity index (χ3n) is 4.85. The van der Waals surface area contributed by atoms with Gasteiger partial charge in [0, 0.05) is 24.2 Å². The first-order chi connectivity index (χ1) is 14.0. The summed E-state index contributed by atoms with van der Waals surface area (Å²) in [5, 5.41) is 6.73. The van der Waals surface area contributed by atoms with Gasteiger partial charge in [0.15, 0.2) is 5.82 Å². The van der Waals surface area contributed by atoms with Crippen molar-refractivity contribution < 1.29 is 22.4 Å². The summed E-state index contributed by atoms with van der Waals surface area (Å²) in [5.41, 5.74) is 2.38. The summed E-state index contributed by atoms with van der Waals surface area (Å²) < 4.78 is 53.4. The number of rotatable bonds is 4. The minimum absolute atomic E-state index is 0.211. The number of anilines is 1. The van der Waals surface area contributed by atoms with E-state index >= 15 is 0 Å². The maximum atomic E-state index is 13.7. The minimum Gasteiger partial charge on any atom is -0.305 e. The Balaban J connectivity index is 1.83. The molecule has 30 heavy (non-hydrogen) atoms. The van der Waals surface area contributed by atoms with E-state index in [-0.39, 0.29) is 11.4 Å². The maximum absolute atomic E-state index is 13.7. The molecule has 0 aliphatic rings. The van der Waals surface area contributed by atoms with Crippen LogP contribution in [0.2, 0.25) is 0 Å². The van der Waals surface area contributed by atoms with Crippen molar-refractivity contribution >= 4 is 11.7 Å². The first kappa shape index (κ1) is 21.5. The third-order valence-corrected chi connectivity index (χ3v) is 4.85. The number of nitrogens with zero attached hydrogens (tertiary/aromatic N) is 2. The predicted octanol–water partition coefficient (Wildman–Crippen LogP) is 5.93. The lowest BCUT2D eigenvalue weighted by Crippen LogP contribution is -2.15. The minimum atomic E-state index is -4.82. The van der Waals surface area contributed by atoms with Gasteiger partial charge in [-0.05, 0) is 48.2 Å². The first-order valence-corrected chi connectivity index (χ1v) is 9.30. The third kappa shape index (κ3) is 4.37. The summed E-state index contributed by atoms with van der Waals surface area (Å²) >= 11 is 0. The van der Waals surface area contributed by atoms with Crippen LogP contribution in [0.15, 0.2) is 42.5 Å². The van der Waals surface area contributed by atoms with Crippen LogP contribution < -0.4 is 5.32 Å². The first-order valence-electron chi connectivity index (χ1n) is 9.30. The number of carbonyl (C=O) groups excluding carboxylic acids is 1. The van der Waals surface area contributed by atoms with E-state index in [1.165, 1.54) is 5.56 Å². The van der Waals surface area contributed by atoms with Gasteiger partial charge in [0.25, 0.3) is 5.91 Å². The number of amides is 1. The molecule has 0 aliphatic heterocycles. The highest BCUT2D eigenvalue weighted by Crippen LogP contribution is 2.32. The van der Waals surface area contributed by atoms with E-state index in [0.717, 1.165) is 22.9 Å². The number of benzene rings is 2. The monoisotopic (exact) mass is 419 g/mol. The van der Waals surface area contributed by atoms with Gasteiger partial charge >= 0.3 is 6.18 Å². The second-order valence-electron chi connectivity index (χ2n) is 7.41. The molecule has 8 heteroatoms. The molecule has 1 heterocycles. The molecule has 0 radical (unpaired) electrons. The topological polar surface area (TPSA) is 46.9 Å². The van der Waals surface area contributed by atoms with Gasteiger partial charge in [-0.2, -0.15) is 18.3 Å². The van der Waals surface area contributed by atoms with Gasteiger partial charge in [-0.15, -0.1) is 0 Å². The largest absolute Gasteiger partial charge is 0.419 e. The van der Waals surface area contributed by atoms with Crippen molar-refractivity contribution in [1.82, 2.24) is 9.78 Å². The Bertz CT molecular complexity index is 1100. The highest BCUT2D eigenvalue weighted by molar-refractivity contribution is 6.04. The predicted molar refractivity (Wildman–Crippen MR) is 107 cm³/mol. The molecule has 2 aromatic carbocycles. The van der Waals surface area contributed by atoms with Crippen LogP contribution in [0.3, 0.4) is 0 Å². The lowest BCUT2D eigenvalue weighted by atomic mass is 9.95. The molecule has 3 aromatic rings. The molecule has 1 N–H and O–H groups in total. The number of halogens is 4. The molecule has 0 bridgehead atoms. The summed E-state index contributed by atoms with van der Waals surface area (Å²) in [7, 11) is 1.72. The molecular weight excluding hydrogens is 398 g/mol. The van der Waals surface area contributed by atoms with Crippen molar-refractivity contribution in [1.29, 1.82) is 0 Å². The highest BCUT2D eigenvalue weighted by atomic mass is 19.4. The molecule has 3 rings (SSSR count). The lowest BCUT2D eigenvalue weighted by Gasteiger charge is -2.11. The Labute approximate surface area is 171 Å². The van der Waals surface area contributed by atoms with Crippen LogP contribution in [0.25, 0.3) is 11.3 Å². The Kier molecular flexibility index (Phi) is 5.70. The van der Waals surface area contributed by atoms with E-state index < -0.39 is 23.5 Å². The summed E-state index contributed by atoms with van der Waals surface area (Å²) in [4.78, 5) is 12.3. The molecule has 0 fully saturated rings. The number of nitrogens with one attached hydrogen (secondary N) is 1. The maximum Gasteiger partial charge on any atom is 0.419 e. The number of aromatic nitrogens is 2. The van der Waals surface area contributed by atoms with Gasteiger partial charge in [0.05, 0.1) is 11.3 Å². The van der Waals surface area contributed by atoms with E-state index in [1.807, 2.05) is 25.1 Å². The molecule has 0 saturated heterocycles. The van der Waals surface area contributed by atoms with Crippen LogP contribution >= 0.6 is 0 Å². The Morgan fingerprint density at radius 2 is 1.80 bits per heavy atom. The molecule has 0 saturated carbocycles. The fraction of sp³-hybridized carbons (Fsp3) is 0.273. The molecule has 0 spiro atoms. The van der Waals surface area contributed by atoms with Crippen LogP contribution in [0, 0.1) is 12.7 Å². The van der Waals surface area contributed by atoms with Crippen LogP contribution in [0.5, 0.6) is 0 Å². The van der Waals surface area contributed by atoms with Crippen molar-refractivity contribution in [3.8, 4) is 11.3 Å². The Hall–Kier alpha value is -3.16. The molecule has 0 aliphatic carbocycles. The fourth-order valence-corrected chi connectivity index (χ4v) is 3.36. The van der Waals surface area contributed by atoms with E-state index in [2.05, 4.69) is 24.3 Å². The zero-order valence-corrected chi connectivity index (χ0v) is 16.9. The summed E-state index contributed by atoms with van der Waals surface area (Å²) in [6.07, 6.45) is -4.82. The van der Waals surface area contributed by atoms with E-state index in [0.29, 0.717) is 18.1 Å². The standard InChI is InChI=1S/C22H21F4N3O/c1-12(2)16-7-5-14(9-13(16)3)19-11-20(28-29(19)4)27-21(30)15-6-8-17(18(23)10-15)22(24,25)26/h5-12H,1-4H3,(H,27,28,30). The fourth-order valence-electron chi connectivity index (χ4n) is 3.36. The molecule has 158 valence electrons. The highest BCUT2D eigenvalue weighted by Gasteiger charge is 2.34. The van der Waals surface area contributed by atoms with Crippen molar-refractivity contribution in [2.45, 2.75) is 32.9 Å². The zero-order chi connectivity index (χ0) is 22.2. The molecule has 1 aromatic heterocycles. The van der Waals surface area contributed by atoms with Crippen LogP contribution in [0.4, 0.5) is 23.4 Å².